The van der Waals surface area contributed by atoms with Crippen molar-refractivity contribution in [2.75, 3.05) is 5.32 Å². The van der Waals surface area contributed by atoms with E-state index < -0.39 is 5.97 Å². The molecule has 0 unspecified atom stereocenters. The fourth-order valence-electron chi connectivity index (χ4n) is 3.36. The Bertz CT molecular complexity index is 1310. The van der Waals surface area contributed by atoms with Crippen molar-refractivity contribution in [1.82, 2.24) is 0 Å². The summed E-state index contributed by atoms with van der Waals surface area (Å²) in [7, 11) is 0. The summed E-state index contributed by atoms with van der Waals surface area (Å²) in [6.45, 7) is 0. The van der Waals surface area contributed by atoms with Gasteiger partial charge in [-0.1, -0.05) is 30.3 Å². The number of phenolic OH excluding ortho intramolecular Hbond substituents is 2. The summed E-state index contributed by atoms with van der Waals surface area (Å²) in [4.78, 5) is 25.5. The molecule has 32 heavy (non-hydrogen) atoms. The number of carboxylic acids is 1. The zero-order chi connectivity index (χ0) is 22.7. The van der Waals surface area contributed by atoms with Crippen LogP contribution in [-0.2, 0) is 11.2 Å². The van der Waals surface area contributed by atoms with E-state index in [0.717, 1.165) is 15.3 Å². The third-order valence-corrected chi connectivity index (χ3v) is 5.96. The lowest BCUT2D eigenvalue weighted by molar-refractivity contribution is -0.136. The zero-order valence-corrected chi connectivity index (χ0v) is 17.6. The molecule has 0 atom stereocenters. The van der Waals surface area contributed by atoms with Crippen LogP contribution in [0.2, 0.25) is 0 Å². The van der Waals surface area contributed by atoms with Crippen molar-refractivity contribution < 1.29 is 24.9 Å². The van der Waals surface area contributed by atoms with E-state index in [9.17, 15) is 19.8 Å². The minimum absolute atomic E-state index is 0.0446. The van der Waals surface area contributed by atoms with Crippen LogP contribution in [0, 0.1) is 0 Å². The van der Waals surface area contributed by atoms with Crippen LogP contribution in [0.15, 0.2) is 78.9 Å². The molecule has 0 saturated heterocycles. The lowest BCUT2D eigenvalue weighted by Crippen LogP contribution is -2.12. The van der Waals surface area contributed by atoms with E-state index in [1.165, 1.54) is 23.5 Å². The number of anilines is 1. The molecule has 4 aromatic rings. The average molecular weight is 445 g/mol. The van der Waals surface area contributed by atoms with Crippen LogP contribution < -0.4 is 5.32 Å². The van der Waals surface area contributed by atoms with Gasteiger partial charge in [0.2, 0.25) is 0 Å². The number of aromatic hydroxyl groups is 2. The van der Waals surface area contributed by atoms with Gasteiger partial charge in [0.15, 0.2) is 0 Å². The molecule has 1 aromatic heterocycles. The van der Waals surface area contributed by atoms with Gasteiger partial charge in [0, 0.05) is 38.2 Å². The van der Waals surface area contributed by atoms with Gasteiger partial charge in [0.05, 0.1) is 6.42 Å². The van der Waals surface area contributed by atoms with Gasteiger partial charge in [-0.2, -0.15) is 0 Å². The Labute approximate surface area is 188 Å². The zero-order valence-electron chi connectivity index (χ0n) is 16.8. The molecule has 1 amide bonds. The second-order valence-electron chi connectivity index (χ2n) is 7.12. The number of para-hydroxylation sites is 1. The molecule has 0 fully saturated rings. The van der Waals surface area contributed by atoms with Crippen LogP contribution in [0.4, 0.5) is 5.69 Å². The van der Waals surface area contributed by atoms with E-state index in [4.69, 9.17) is 5.11 Å². The molecule has 0 spiro atoms. The van der Waals surface area contributed by atoms with E-state index >= 15 is 0 Å². The Morgan fingerprint density at radius 2 is 1.66 bits per heavy atom. The molecule has 160 valence electrons. The average Bonchev–Trinajstić information content (AvgIpc) is 3.21. The number of nitrogens with one attached hydrogen (secondary N) is 1. The van der Waals surface area contributed by atoms with E-state index in [2.05, 4.69) is 5.32 Å². The number of rotatable bonds is 6. The molecule has 0 saturated carbocycles. The Balaban J connectivity index is 1.60. The van der Waals surface area contributed by atoms with Crippen LogP contribution in [0.1, 0.15) is 15.2 Å². The van der Waals surface area contributed by atoms with Crippen LogP contribution in [-0.4, -0.2) is 27.2 Å². The summed E-state index contributed by atoms with van der Waals surface area (Å²) in [5, 5.41) is 31.6. The number of benzene rings is 3. The predicted molar refractivity (Wildman–Crippen MR) is 124 cm³/mol. The number of carboxylic acid groups (broad SMARTS) is 1. The first kappa shape index (κ1) is 21.1. The molecule has 7 heteroatoms. The highest BCUT2D eigenvalue weighted by atomic mass is 32.1. The largest absolute Gasteiger partial charge is 0.508 e. The molecule has 6 nitrogen and oxygen atoms in total. The monoisotopic (exact) mass is 445 g/mol. The molecule has 4 rings (SSSR count). The van der Waals surface area contributed by atoms with Gasteiger partial charge in [-0.3, -0.25) is 9.59 Å². The molecular weight excluding hydrogens is 426 g/mol. The number of carbonyl (C=O) groups is 2. The maximum absolute atomic E-state index is 13.0. The first-order valence-corrected chi connectivity index (χ1v) is 10.6. The molecule has 0 radical (unpaired) electrons. The first-order chi connectivity index (χ1) is 15.4. The van der Waals surface area contributed by atoms with Crippen LogP contribution >= 0.6 is 11.3 Å². The molecule has 0 aliphatic rings. The van der Waals surface area contributed by atoms with Crippen molar-refractivity contribution in [2.24, 2.45) is 0 Å². The maximum Gasteiger partial charge on any atom is 0.308 e. The number of hydrogen-bond donors (Lipinski definition) is 4. The molecule has 3 aromatic carbocycles. The number of thiophene rings is 1. The fourth-order valence-corrected chi connectivity index (χ4v) is 4.40. The molecule has 0 aliphatic carbocycles. The SMILES string of the molecule is O=C(O)Cc1ccc(-c2ccccc2NC(=O)c2cccc(-c3ccc(O)cc3O)c2)s1. The number of phenols is 2. The van der Waals surface area contributed by atoms with E-state index in [1.807, 2.05) is 24.3 Å². The van der Waals surface area contributed by atoms with Crippen LogP contribution in [0.3, 0.4) is 0 Å². The second-order valence-corrected chi connectivity index (χ2v) is 8.29. The minimum Gasteiger partial charge on any atom is -0.508 e. The fraction of sp³-hybridized carbons (Fsp3) is 0.0400. The van der Waals surface area contributed by atoms with Gasteiger partial charge < -0.3 is 20.6 Å². The van der Waals surface area contributed by atoms with Crippen LogP contribution in [0.25, 0.3) is 21.6 Å². The summed E-state index contributed by atoms with van der Waals surface area (Å²) in [6, 6.07) is 22.1. The number of aliphatic carboxylic acids is 1. The third-order valence-electron chi connectivity index (χ3n) is 4.84. The lowest BCUT2D eigenvalue weighted by Gasteiger charge is -2.11. The number of amides is 1. The highest BCUT2D eigenvalue weighted by Gasteiger charge is 2.14. The smallest absolute Gasteiger partial charge is 0.308 e. The van der Waals surface area contributed by atoms with E-state index in [0.29, 0.717) is 22.4 Å². The Hall–Kier alpha value is -4.10. The summed E-state index contributed by atoms with van der Waals surface area (Å²) >= 11 is 1.37. The van der Waals surface area contributed by atoms with E-state index in [-0.39, 0.29) is 23.8 Å². The van der Waals surface area contributed by atoms with Crippen molar-refractivity contribution in [3.8, 4) is 33.1 Å². The van der Waals surface area contributed by atoms with Crippen molar-refractivity contribution in [1.29, 1.82) is 0 Å². The maximum atomic E-state index is 13.0. The van der Waals surface area contributed by atoms with Crippen molar-refractivity contribution >= 4 is 28.9 Å². The highest BCUT2D eigenvalue weighted by molar-refractivity contribution is 7.15. The second kappa shape index (κ2) is 8.95. The summed E-state index contributed by atoms with van der Waals surface area (Å²) in [6.07, 6.45) is -0.0455. The van der Waals surface area contributed by atoms with Gasteiger partial charge in [0.25, 0.3) is 5.91 Å². The van der Waals surface area contributed by atoms with Crippen molar-refractivity contribution in [3.63, 3.8) is 0 Å². The van der Waals surface area contributed by atoms with E-state index in [1.54, 1.807) is 42.5 Å². The van der Waals surface area contributed by atoms with Gasteiger partial charge in [0.1, 0.15) is 11.5 Å². The van der Waals surface area contributed by atoms with Gasteiger partial charge in [-0.05, 0) is 48.0 Å². The Kier molecular flexibility index (Phi) is 5.91. The standard InChI is InChI=1S/C25H19NO5S/c27-17-8-10-19(22(28)13-17)15-4-3-5-16(12-15)25(31)26-21-7-2-1-6-20(21)23-11-9-18(32-23)14-24(29)30/h1-13,27-28H,14H2,(H,26,31)(H,29,30). The normalized spacial score (nSPS) is 10.6. The Morgan fingerprint density at radius 3 is 2.44 bits per heavy atom. The quantitative estimate of drug-likeness (QED) is 0.319. The Morgan fingerprint density at radius 1 is 0.844 bits per heavy atom. The minimum atomic E-state index is -0.889. The van der Waals surface area contributed by atoms with Gasteiger partial charge >= 0.3 is 5.97 Å². The first-order valence-electron chi connectivity index (χ1n) is 9.74. The van der Waals surface area contributed by atoms with Gasteiger partial charge in [-0.25, -0.2) is 0 Å². The van der Waals surface area contributed by atoms with Crippen molar-refractivity contribution in [3.05, 3.63) is 89.3 Å². The number of carbonyl (C=O) groups excluding carboxylic acids is 1. The summed E-state index contributed by atoms with van der Waals surface area (Å²) < 4.78 is 0. The third kappa shape index (κ3) is 4.63. The predicted octanol–water partition coefficient (Wildman–Crippen LogP) is 5.37. The number of hydrogen-bond acceptors (Lipinski definition) is 5. The molecule has 1 heterocycles. The lowest BCUT2D eigenvalue weighted by atomic mass is 10.0. The highest BCUT2D eigenvalue weighted by Crippen LogP contribution is 2.35. The molecule has 4 N–H and O–H groups in total. The summed E-state index contributed by atoms with van der Waals surface area (Å²) in [5.74, 6) is -1.33. The topological polar surface area (TPSA) is 107 Å². The molecule has 0 aliphatic heterocycles. The molecular formula is C25H19NO5S. The van der Waals surface area contributed by atoms with Gasteiger partial charge in [-0.15, -0.1) is 11.3 Å². The van der Waals surface area contributed by atoms with Crippen LogP contribution in [0.5, 0.6) is 11.5 Å². The molecule has 0 bridgehead atoms. The van der Waals surface area contributed by atoms with Crippen molar-refractivity contribution in [2.45, 2.75) is 6.42 Å². The summed E-state index contributed by atoms with van der Waals surface area (Å²) in [5.41, 5.74) is 2.96.